The van der Waals surface area contributed by atoms with E-state index in [9.17, 15) is 0 Å². The molecule has 0 bridgehead atoms. The first-order chi connectivity index (χ1) is 7.40. The van der Waals surface area contributed by atoms with Gasteiger partial charge in [0.2, 0.25) is 0 Å². The van der Waals surface area contributed by atoms with Crippen LogP contribution < -0.4 is 5.32 Å². The fourth-order valence-electron chi connectivity index (χ4n) is 2.52. The van der Waals surface area contributed by atoms with E-state index in [0.717, 1.165) is 38.7 Å². The van der Waals surface area contributed by atoms with Crippen molar-refractivity contribution in [2.45, 2.75) is 44.8 Å². The van der Waals surface area contributed by atoms with E-state index in [4.69, 9.17) is 9.47 Å². The van der Waals surface area contributed by atoms with Crippen molar-refractivity contribution in [3.05, 3.63) is 0 Å². The molecule has 2 rings (SSSR count). The lowest BCUT2D eigenvalue weighted by Crippen LogP contribution is -2.41. The molecule has 0 aromatic rings. The molecule has 0 aromatic carbocycles. The monoisotopic (exact) mass is 213 g/mol. The molecule has 0 aromatic heterocycles. The molecule has 2 heterocycles. The molecule has 0 spiro atoms. The standard InChI is InChI=1S/C12H23NO2/c1-2-11(12-4-3-6-15-12)13-8-10-5-7-14-9-10/h10-13H,2-9H2,1H3. The van der Waals surface area contributed by atoms with Gasteiger partial charge in [-0.2, -0.15) is 0 Å². The molecular weight excluding hydrogens is 190 g/mol. The van der Waals surface area contributed by atoms with Crippen LogP contribution in [0.2, 0.25) is 0 Å². The summed E-state index contributed by atoms with van der Waals surface area (Å²) in [6.45, 7) is 6.18. The number of ether oxygens (including phenoxy) is 2. The Hall–Kier alpha value is -0.120. The van der Waals surface area contributed by atoms with Gasteiger partial charge < -0.3 is 14.8 Å². The summed E-state index contributed by atoms with van der Waals surface area (Å²) in [5.41, 5.74) is 0. The number of rotatable bonds is 5. The van der Waals surface area contributed by atoms with Crippen molar-refractivity contribution in [1.29, 1.82) is 0 Å². The van der Waals surface area contributed by atoms with E-state index in [1.54, 1.807) is 0 Å². The Morgan fingerprint density at radius 2 is 2.27 bits per heavy atom. The molecule has 2 saturated heterocycles. The molecule has 0 aliphatic carbocycles. The molecule has 3 nitrogen and oxygen atoms in total. The molecule has 0 amide bonds. The van der Waals surface area contributed by atoms with Crippen molar-refractivity contribution in [2.24, 2.45) is 5.92 Å². The van der Waals surface area contributed by atoms with Crippen LogP contribution in [0.15, 0.2) is 0 Å². The highest BCUT2D eigenvalue weighted by Crippen LogP contribution is 2.18. The molecule has 15 heavy (non-hydrogen) atoms. The van der Waals surface area contributed by atoms with E-state index in [-0.39, 0.29) is 0 Å². The van der Waals surface area contributed by atoms with Gasteiger partial charge in [0.05, 0.1) is 12.7 Å². The molecule has 1 N–H and O–H groups in total. The summed E-state index contributed by atoms with van der Waals surface area (Å²) in [6, 6.07) is 0.549. The summed E-state index contributed by atoms with van der Waals surface area (Å²) in [6.07, 6.45) is 5.30. The second-order valence-corrected chi connectivity index (χ2v) is 4.70. The van der Waals surface area contributed by atoms with Crippen LogP contribution in [0, 0.1) is 5.92 Å². The predicted molar refractivity (Wildman–Crippen MR) is 60.0 cm³/mol. The van der Waals surface area contributed by atoms with Crippen LogP contribution in [0.3, 0.4) is 0 Å². The Bertz CT molecular complexity index is 174. The van der Waals surface area contributed by atoms with Crippen LogP contribution in [-0.2, 0) is 9.47 Å². The van der Waals surface area contributed by atoms with Crippen molar-refractivity contribution in [2.75, 3.05) is 26.4 Å². The Kier molecular flexibility index (Phi) is 4.42. The van der Waals surface area contributed by atoms with Gasteiger partial charge in [0.15, 0.2) is 0 Å². The van der Waals surface area contributed by atoms with Gasteiger partial charge in [-0.05, 0) is 31.6 Å². The average Bonchev–Trinajstić information content (AvgIpc) is 2.90. The molecule has 2 fully saturated rings. The first kappa shape index (κ1) is 11.4. The Morgan fingerprint density at radius 3 is 2.87 bits per heavy atom. The molecule has 88 valence electrons. The van der Waals surface area contributed by atoms with Gasteiger partial charge in [0, 0.05) is 25.8 Å². The molecule has 2 aliphatic heterocycles. The SMILES string of the molecule is CCC(NCC1CCOC1)C1CCCO1. The smallest absolute Gasteiger partial charge is 0.0728 e. The zero-order valence-electron chi connectivity index (χ0n) is 9.71. The van der Waals surface area contributed by atoms with E-state index in [1.807, 2.05) is 0 Å². The maximum absolute atomic E-state index is 5.73. The van der Waals surface area contributed by atoms with Gasteiger partial charge in [-0.25, -0.2) is 0 Å². The molecule has 3 atom stereocenters. The lowest BCUT2D eigenvalue weighted by atomic mass is 10.0. The van der Waals surface area contributed by atoms with Crippen LogP contribution in [0.1, 0.15) is 32.6 Å². The summed E-state index contributed by atoms with van der Waals surface area (Å²) in [7, 11) is 0. The van der Waals surface area contributed by atoms with Crippen LogP contribution in [0.5, 0.6) is 0 Å². The highest BCUT2D eigenvalue weighted by molar-refractivity contribution is 4.80. The number of hydrogen-bond donors (Lipinski definition) is 1. The lowest BCUT2D eigenvalue weighted by Gasteiger charge is -2.24. The van der Waals surface area contributed by atoms with Crippen LogP contribution in [0.4, 0.5) is 0 Å². The molecule has 3 unspecified atom stereocenters. The number of nitrogens with one attached hydrogen (secondary N) is 1. The quantitative estimate of drug-likeness (QED) is 0.752. The van der Waals surface area contributed by atoms with Crippen LogP contribution in [-0.4, -0.2) is 38.5 Å². The molecular formula is C12H23NO2. The zero-order valence-corrected chi connectivity index (χ0v) is 9.71. The summed E-state index contributed by atoms with van der Waals surface area (Å²) < 4.78 is 11.1. The van der Waals surface area contributed by atoms with E-state index in [2.05, 4.69) is 12.2 Å². The topological polar surface area (TPSA) is 30.5 Å². The summed E-state index contributed by atoms with van der Waals surface area (Å²) >= 11 is 0. The third-order valence-corrected chi connectivity index (χ3v) is 3.55. The van der Waals surface area contributed by atoms with Crippen molar-refractivity contribution in [1.82, 2.24) is 5.32 Å². The van der Waals surface area contributed by atoms with E-state index >= 15 is 0 Å². The van der Waals surface area contributed by atoms with Crippen LogP contribution in [0.25, 0.3) is 0 Å². The fraction of sp³-hybridized carbons (Fsp3) is 1.00. The highest BCUT2D eigenvalue weighted by atomic mass is 16.5. The van der Waals surface area contributed by atoms with Gasteiger partial charge in [0.1, 0.15) is 0 Å². The maximum Gasteiger partial charge on any atom is 0.0728 e. The molecule has 0 saturated carbocycles. The van der Waals surface area contributed by atoms with E-state index in [0.29, 0.717) is 12.1 Å². The third kappa shape index (κ3) is 3.16. The summed E-state index contributed by atoms with van der Waals surface area (Å²) in [4.78, 5) is 0. The molecule has 3 heteroatoms. The second kappa shape index (κ2) is 5.83. The normalized spacial score (nSPS) is 33.4. The third-order valence-electron chi connectivity index (χ3n) is 3.55. The van der Waals surface area contributed by atoms with Gasteiger partial charge in [-0.15, -0.1) is 0 Å². The maximum atomic E-state index is 5.73. The van der Waals surface area contributed by atoms with Gasteiger partial charge >= 0.3 is 0 Å². The van der Waals surface area contributed by atoms with Gasteiger partial charge in [0.25, 0.3) is 0 Å². The minimum Gasteiger partial charge on any atom is -0.381 e. The van der Waals surface area contributed by atoms with Crippen molar-refractivity contribution in [3.63, 3.8) is 0 Å². The summed E-state index contributed by atoms with van der Waals surface area (Å²) in [5, 5.41) is 3.65. The Balaban J connectivity index is 1.69. The van der Waals surface area contributed by atoms with Gasteiger partial charge in [-0.1, -0.05) is 6.92 Å². The first-order valence-corrected chi connectivity index (χ1v) is 6.33. The van der Waals surface area contributed by atoms with E-state index < -0.39 is 0 Å². The number of hydrogen-bond acceptors (Lipinski definition) is 3. The lowest BCUT2D eigenvalue weighted by molar-refractivity contribution is 0.0751. The Morgan fingerprint density at radius 1 is 1.33 bits per heavy atom. The first-order valence-electron chi connectivity index (χ1n) is 6.33. The van der Waals surface area contributed by atoms with Crippen LogP contribution >= 0.6 is 0 Å². The van der Waals surface area contributed by atoms with Crippen molar-refractivity contribution in [3.8, 4) is 0 Å². The Labute approximate surface area is 92.5 Å². The minimum absolute atomic E-state index is 0.456. The average molecular weight is 213 g/mol. The second-order valence-electron chi connectivity index (χ2n) is 4.70. The predicted octanol–water partition coefficient (Wildman–Crippen LogP) is 1.57. The highest BCUT2D eigenvalue weighted by Gasteiger charge is 2.25. The zero-order chi connectivity index (χ0) is 10.5. The minimum atomic E-state index is 0.456. The van der Waals surface area contributed by atoms with Crippen molar-refractivity contribution < 1.29 is 9.47 Å². The van der Waals surface area contributed by atoms with E-state index in [1.165, 1.54) is 19.3 Å². The molecule has 0 radical (unpaired) electrons. The fourth-order valence-corrected chi connectivity index (χ4v) is 2.52. The van der Waals surface area contributed by atoms with Crippen molar-refractivity contribution >= 4 is 0 Å². The summed E-state index contributed by atoms with van der Waals surface area (Å²) in [5.74, 6) is 0.723. The molecule has 2 aliphatic rings. The van der Waals surface area contributed by atoms with Gasteiger partial charge in [-0.3, -0.25) is 0 Å². The largest absolute Gasteiger partial charge is 0.381 e.